The van der Waals surface area contributed by atoms with Gasteiger partial charge in [0.25, 0.3) is 0 Å². The van der Waals surface area contributed by atoms with Crippen molar-refractivity contribution in [1.29, 1.82) is 0 Å². The summed E-state index contributed by atoms with van der Waals surface area (Å²) in [7, 11) is -2.88. The quantitative estimate of drug-likeness (QED) is 0.826. The van der Waals surface area contributed by atoms with E-state index < -0.39 is 9.84 Å². The van der Waals surface area contributed by atoms with Crippen LogP contribution in [-0.4, -0.2) is 38.4 Å². The lowest BCUT2D eigenvalue weighted by Crippen LogP contribution is -2.37. The number of hydrogen-bond donors (Lipinski definition) is 0. The molecule has 1 aromatic carbocycles. The number of rotatable bonds is 5. The Kier molecular flexibility index (Phi) is 5.19. The Labute approximate surface area is 142 Å². The fraction of sp³-hybridized carbons (Fsp3) is 0.444. The average Bonchev–Trinajstić information content (AvgIpc) is 2.95. The predicted molar refractivity (Wildman–Crippen MR) is 97.5 cm³/mol. The van der Waals surface area contributed by atoms with Crippen LogP contribution in [-0.2, 0) is 16.4 Å². The fourth-order valence-corrected chi connectivity index (χ4v) is 5.48. The van der Waals surface area contributed by atoms with Gasteiger partial charge in [0, 0.05) is 29.1 Å². The normalized spacial score (nSPS) is 19.8. The summed E-state index contributed by atoms with van der Waals surface area (Å²) >= 11 is 1.83. The molecule has 0 unspecified atom stereocenters. The second kappa shape index (κ2) is 7.16. The number of hydrogen-bond acceptors (Lipinski definition) is 4. The van der Waals surface area contributed by atoms with E-state index in [4.69, 9.17) is 0 Å². The third kappa shape index (κ3) is 4.90. The van der Waals surface area contributed by atoms with Crippen molar-refractivity contribution in [3.05, 3.63) is 47.3 Å². The number of benzene rings is 1. The lowest BCUT2D eigenvalue weighted by atomic mass is 10.00. The summed E-state index contributed by atoms with van der Waals surface area (Å²) in [6.45, 7) is 2.89. The molecule has 3 nitrogen and oxygen atoms in total. The molecular weight excluding hydrogens is 326 g/mol. The molecule has 5 heteroatoms. The first-order valence-corrected chi connectivity index (χ1v) is 10.9. The molecule has 0 amide bonds. The molecule has 0 bridgehead atoms. The summed E-state index contributed by atoms with van der Waals surface area (Å²) in [5.41, 5.74) is 1.26. The van der Waals surface area contributed by atoms with Crippen LogP contribution in [0.4, 0.5) is 0 Å². The van der Waals surface area contributed by atoms with Crippen molar-refractivity contribution in [2.75, 3.05) is 25.1 Å². The molecule has 0 aliphatic carbocycles. The third-order valence-electron chi connectivity index (χ3n) is 4.24. The highest BCUT2D eigenvalue weighted by Gasteiger charge is 2.23. The van der Waals surface area contributed by atoms with Gasteiger partial charge in [-0.2, -0.15) is 0 Å². The van der Waals surface area contributed by atoms with Crippen LogP contribution in [0.3, 0.4) is 0 Å². The van der Waals surface area contributed by atoms with E-state index in [1.807, 2.05) is 17.4 Å². The van der Waals surface area contributed by atoms with E-state index in [1.165, 1.54) is 21.6 Å². The van der Waals surface area contributed by atoms with Crippen molar-refractivity contribution in [2.24, 2.45) is 5.92 Å². The molecule has 3 rings (SSSR count). The Morgan fingerprint density at radius 1 is 1.17 bits per heavy atom. The molecule has 124 valence electrons. The van der Waals surface area contributed by atoms with Crippen LogP contribution in [0.25, 0.3) is 10.4 Å². The zero-order chi connectivity index (χ0) is 16.3. The zero-order valence-electron chi connectivity index (χ0n) is 13.4. The maximum Gasteiger partial charge on any atom is 0.147 e. The monoisotopic (exact) mass is 349 g/mol. The highest BCUT2D eigenvalue weighted by atomic mass is 32.2. The molecule has 23 heavy (non-hydrogen) atoms. The van der Waals surface area contributed by atoms with Crippen LogP contribution in [0.2, 0.25) is 0 Å². The Balaban J connectivity index is 1.62. The molecule has 2 heterocycles. The largest absolute Gasteiger partial charge is 0.298 e. The van der Waals surface area contributed by atoms with Gasteiger partial charge in [0.2, 0.25) is 0 Å². The molecule has 1 saturated heterocycles. The highest BCUT2D eigenvalue weighted by molar-refractivity contribution is 7.90. The Hall–Kier alpha value is -1.17. The maximum atomic E-state index is 11.5. The SMILES string of the molecule is CS(=O)(=O)C[C@H]1CCCN(Cc2ccc(-c3ccccc3)s2)C1. The van der Waals surface area contributed by atoms with E-state index in [1.54, 1.807) is 0 Å². The van der Waals surface area contributed by atoms with E-state index >= 15 is 0 Å². The van der Waals surface area contributed by atoms with Gasteiger partial charge in [0.05, 0.1) is 5.75 Å². The first kappa shape index (κ1) is 16.7. The van der Waals surface area contributed by atoms with Crippen molar-refractivity contribution in [2.45, 2.75) is 19.4 Å². The molecule has 1 aromatic heterocycles. The van der Waals surface area contributed by atoms with Gasteiger partial charge in [0.15, 0.2) is 0 Å². The van der Waals surface area contributed by atoms with E-state index in [0.717, 1.165) is 32.5 Å². The van der Waals surface area contributed by atoms with Crippen molar-refractivity contribution in [1.82, 2.24) is 4.90 Å². The molecule has 0 spiro atoms. The molecule has 1 aliphatic heterocycles. The lowest BCUT2D eigenvalue weighted by Gasteiger charge is -2.32. The van der Waals surface area contributed by atoms with Crippen LogP contribution in [0.15, 0.2) is 42.5 Å². The topological polar surface area (TPSA) is 37.4 Å². The molecule has 2 aromatic rings. The van der Waals surface area contributed by atoms with E-state index in [2.05, 4.69) is 41.3 Å². The minimum absolute atomic E-state index is 0.285. The maximum absolute atomic E-state index is 11.5. The van der Waals surface area contributed by atoms with Gasteiger partial charge in [-0.1, -0.05) is 30.3 Å². The number of piperidine rings is 1. The van der Waals surface area contributed by atoms with Gasteiger partial charge < -0.3 is 0 Å². The predicted octanol–water partition coefficient (Wildman–Crippen LogP) is 3.67. The van der Waals surface area contributed by atoms with Gasteiger partial charge >= 0.3 is 0 Å². The summed E-state index contributed by atoms with van der Waals surface area (Å²) in [5.74, 6) is 0.607. The van der Waals surface area contributed by atoms with Crippen LogP contribution >= 0.6 is 11.3 Å². The first-order chi connectivity index (χ1) is 11.0. The van der Waals surface area contributed by atoms with Gasteiger partial charge in [-0.05, 0) is 43.0 Å². The number of likely N-dealkylation sites (tertiary alicyclic amines) is 1. The number of nitrogens with zero attached hydrogens (tertiary/aromatic N) is 1. The van der Waals surface area contributed by atoms with E-state index in [0.29, 0.717) is 5.75 Å². The van der Waals surface area contributed by atoms with Crippen LogP contribution in [0.1, 0.15) is 17.7 Å². The van der Waals surface area contributed by atoms with E-state index in [9.17, 15) is 8.42 Å². The van der Waals surface area contributed by atoms with Crippen molar-refractivity contribution >= 4 is 21.2 Å². The lowest BCUT2D eigenvalue weighted by molar-refractivity contribution is 0.179. The Bertz CT molecular complexity index is 737. The zero-order valence-corrected chi connectivity index (χ0v) is 15.1. The third-order valence-corrected chi connectivity index (χ3v) is 6.44. The van der Waals surface area contributed by atoms with Crippen LogP contribution in [0, 0.1) is 5.92 Å². The average molecular weight is 350 g/mol. The minimum atomic E-state index is -2.88. The first-order valence-electron chi connectivity index (χ1n) is 8.04. The minimum Gasteiger partial charge on any atom is -0.298 e. The Morgan fingerprint density at radius 3 is 2.70 bits per heavy atom. The van der Waals surface area contributed by atoms with E-state index in [-0.39, 0.29) is 5.92 Å². The molecule has 1 atom stereocenters. The summed E-state index contributed by atoms with van der Waals surface area (Å²) < 4.78 is 23.0. The van der Waals surface area contributed by atoms with Gasteiger partial charge in [-0.25, -0.2) is 8.42 Å². The Morgan fingerprint density at radius 2 is 1.96 bits per heavy atom. The van der Waals surface area contributed by atoms with Crippen molar-refractivity contribution in [3.8, 4) is 10.4 Å². The molecular formula is C18H23NO2S2. The van der Waals surface area contributed by atoms with Gasteiger partial charge in [-0.15, -0.1) is 11.3 Å². The van der Waals surface area contributed by atoms with Crippen LogP contribution < -0.4 is 0 Å². The standard InChI is InChI=1S/C18H23NO2S2/c1-23(20,21)14-15-6-5-11-19(12-15)13-17-9-10-18(22-17)16-7-3-2-4-8-16/h2-4,7-10,15H,5-6,11-14H2,1H3/t15-/m0/s1. The second-order valence-electron chi connectivity index (χ2n) is 6.47. The molecule has 0 saturated carbocycles. The van der Waals surface area contributed by atoms with Crippen molar-refractivity contribution < 1.29 is 8.42 Å². The number of sulfone groups is 1. The summed E-state index contributed by atoms with van der Waals surface area (Å²) in [4.78, 5) is 5.05. The smallest absolute Gasteiger partial charge is 0.147 e. The molecule has 1 aliphatic rings. The number of thiophene rings is 1. The van der Waals surface area contributed by atoms with Gasteiger partial charge in [0.1, 0.15) is 9.84 Å². The highest BCUT2D eigenvalue weighted by Crippen LogP contribution is 2.29. The molecule has 1 fully saturated rings. The summed E-state index contributed by atoms with van der Waals surface area (Å²) in [5, 5.41) is 0. The summed E-state index contributed by atoms with van der Waals surface area (Å²) in [6.07, 6.45) is 3.47. The summed E-state index contributed by atoms with van der Waals surface area (Å²) in [6, 6.07) is 14.8. The van der Waals surface area contributed by atoms with Crippen molar-refractivity contribution in [3.63, 3.8) is 0 Å². The van der Waals surface area contributed by atoms with Crippen LogP contribution in [0.5, 0.6) is 0 Å². The molecule has 0 N–H and O–H groups in total. The molecule has 0 radical (unpaired) electrons. The second-order valence-corrected chi connectivity index (χ2v) is 9.82. The fourth-order valence-electron chi connectivity index (χ4n) is 3.30. The van der Waals surface area contributed by atoms with Gasteiger partial charge in [-0.3, -0.25) is 4.90 Å².